The van der Waals surface area contributed by atoms with Crippen LogP contribution in [0.4, 0.5) is 4.79 Å². The second-order valence-electron chi connectivity index (χ2n) is 10.1. The van der Waals surface area contributed by atoms with Gasteiger partial charge >= 0.3 is 6.03 Å². The van der Waals surface area contributed by atoms with Gasteiger partial charge in [-0.05, 0) is 62.5 Å². The number of allylic oxidation sites excluding steroid dienone is 10. The van der Waals surface area contributed by atoms with Gasteiger partial charge in [0.2, 0.25) is 5.91 Å². The fraction of sp³-hybridized carbons (Fsp3) is 0.364. The fourth-order valence-electron chi connectivity index (χ4n) is 5.14. The van der Waals surface area contributed by atoms with Crippen LogP contribution in [-0.2, 0) is 11.3 Å². The molecule has 0 aromatic heterocycles. The number of urea groups is 1. The van der Waals surface area contributed by atoms with Crippen molar-refractivity contribution in [1.82, 2.24) is 15.2 Å². The number of hydrogen-bond donors (Lipinski definition) is 2. The minimum absolute atomic E-state index is 0.0991. The molecule has 1 aromatic carbocycles. The summed E-state index contributed by atoms with van der Waals surface area (Å²) in [4.78, 5) is 28.0. The molecule has 2 aliphatic rings. The summed E-state index contributed by atoms with van der Waals surface area (Å²) in [7, 11) is 0. The highest BCUT2D eigenvalue weighted by Crippen LogP contribution is 2.35. The maximum absolute atomic E-state index is 14.4. The molecule has 1 atom stereocenters. The first-order chi connectivity index (χ1) is 19.4. The molecule has 1 aromatic rings. The van der Waals surface area contributed by atoms with E-state index < -0.39 is 0 Å². The Labute approximate surface area is 239 Å². The van der Waals surface area contributed by atoms with Gasteiger partial charge in [-0.1, -0.05) is 87.4 Å². The number of rotatable bonds is 10. The van der Waals surface area contributed by atoms with Crippen molar-refractivity contribution < 1.29 is 9.59 Å². The summed E-state index contributed by atoms with van der Waals surface area (Å²) in [6.07, 6.45) is 20.6. The van der Waals surface area contributed by atoms with E-state index in [0.29, 0.717) is 23.9 Å². The lowest BCUT2D eigenvalue weighted by molar-refractivity contribution is -0.119. The summed E-state index contributed by atoms with van der Waals surface area (Å²) in [6, 6.07) is 9.71. The lowest BCUT2D eigenvalue weighted by Gasteiger charge is -2.31. The zero-order chi connectivity index (χ0) is 28.9. The number of carbonyl (C=O) groups excluding carboxylic acids is 2. The third-order valence-corrected chi connectivity index (χ3v) is 7.13. The van der Waals surface area contributed by atoms with Gasteiger partial charge in [0.25, 0.3) is 0 Å². The first-order valence-electron chi connectivity index (χ1n) is 14.1. The molecule has 1 aliphatic carbocycles. The lowest BCUT2D eigenvalue weighted by atomic mass is 9.80. The van der Waals surface area contributed by atoms with Gasteiger partial charge in [0.1, 0.15) is 0 Å². The van der Waals surface area contributed by atoms with Crippen molar-refractivity contribution in [2.45, 2.75) is 59.4 Å². The standard InChI is InChI=1S/C33H43N5O2/c1-5-7-10-20-30-26(4)32(28-18-13-9-14-19-28)36-37(24-27-16-11-8-12-17-27)33(40)38(30)29(15-6-2)22-21-25(3)35-31(39)23-34/h5-8,10-12,15-17,20-22,26,28H,1,9,13-14,18-19,23-24,34H2,2-4H3,(H,35,39)/b10-7-,15-6-,25-21+,29-22+,30-20+. The molecule has 212 valence electrons. The lowest BCUT2D eigenvalue weighted by Crippen LogP contribution is -2.38. The molecular weight excluding hydrogens is 498 g/mol. The van der Waals surface area contributed by atoms with Crippen LogP contribution in [0.2, 0.25) is 0 Å². The van der Waals surface area contributed by atoms with E-state index in [2.05, 4.69) is 18.8 Å². The van der Waals surface area contributed by atoms with Crippen molar-refractivity contribution >= 4 is 17.6 Å². The van der Waals surface area contributed by atoms with Crippen molar-refractivity contribution in [3.8, 4) is 0 Å². The van der Waals surface area contributed by atoms with Crippen LogP contribution in [0.3, 0.4) is 0 Å². The molecule has 1 unspecified atom stereocenters. The molecule has 1 heterocycles. The van der Waals surface area contributed by atoms with E-state index >= 15 is 0 Å². The molecule has 1 fully saturated rings. The molecule has 7 heteroatoms. The monoisotopic (exact) mass is 541 g/mol. The van der Waals surface area contributed by atoms with Crippen LogP contribution in [0.5, 0.6) is 0 Å². The Hall–Kier alpha value is -3.97. The normalized spacial score (nSPS) is 20.8. The Morgan fingerprint density at radius 1 is 1.15 bits per heavy atom. The van der Waals surface area contributed by atoms with E-state index in [1.807, 2.05) is 73.7 Å². The van der Waals surface area contributed by atoms with E-state index in [0.717, 1.165) is 29.8 Å². The van der Waals surface area contributed by atoms with Crippen molar-refractivity contribution in [1.29, 1.82) is 0 Å². The first kappa shape index (κ1) is 30.6. The van der Waals surface area contributed by atoms with Crippen LogP contribution in [0.25, 0.3) is 0 Å². The average molecular weight is 542 g/mol. The third kappa shape index (κ3) is 8.26. The van der Waals surface area contributed by atoms with Crippen LogP contribution in [-0.4, -0.2) is 34.1 Å². The zero-order valence-electron chi connectivity index (χ0n) is 24.1. The zero-order valence-corrected chi connectivity index (χ0v) is 24.1. The molecule has 3 amide bonds. The quantitative estimate of drug-likeness (QED) is 0.329. The van der Waals surface area contributed by atoms with Crippen LogP contribution >= 0.6 is 0 Å². The molecule has 3 N–H and O–H groups in total. The van der Waals surface area contributed by atoms with Crippen LogP contribution in [0.1, 0.15) is 58.4 Å². The Kier molecular flexibility index (Phi) is 11.9. The van der Waals surface area contributed by atoms with E-state index in [4.69, 9.17) is 10.8 Å². The predicted molar refractivity (Wildman–Crippen MR) is 164 cm³/mol. The van der Waals surface area contributed by atoms with E-state index in [9.17, 15) is 9.59 Å². The van der Waals surface area contributed by atoms with Gasteiger partial charge in [0.05, 0.1) is 24.5 Å². The molecular formula is C33H43N5O2. The Balaban J connectivity index is 2.18. The van der Waals surface area contributed by atoms with E-state index in [1.165, 1.54) is 19.3 Å². The summed E-state index contributed by atoms with van der Waals surface area (Å²) in [5.41, 5.74) is 9.65. The number of nitrogens with two attached hydrogens (primary N) is 1. The molecule has 3 rings (SSSR count). The number of nitrogens with one attached hydrogen (secondary N) is 1. The van der Waals surface area contributed by atoms with Gasteiger partial charge in [-0.15, -0.1) is 0 Å². The van der Waals surface area contributed by atoms with Crippen LogP contribution < -0.4 is 11.1 Å². The van der Waals surface area contributed by atoms with Crippen molar-refractivity contribution in [2.24, 2.45) is 22.7 Å². The Bertz CT molecular complexity index is 1220. The van der Waals surface area contributed by atoms with Crippen molar-refractivity contribution in [2.75, 3.05) is 6.54 Å². The van der Waals surface area contributed by atoms with Gasteiger partial charge in [-0.2, -0.15) is 5.10 Å². The van der Waals surface area contributed by atoms with Crippen molar-refractivity contribution in [3.63, 3.8) is 0 Å². The van der Waals surface area contributed by atoms with Gasteiger partial charge in [0.15, 0.2) is 0 Å². The maximum atomic E-state index is 14.4. The molecule has 1 saturated carbocycles. The summed E-state index contributed by atoms with van der Waals surface area (Å²) in [6.45, 7) is 9.91. The minimum atomic E-state index is -0.274. The second-order valence-corrected chi connectivity index (χ2v) is 10.1. The molecule has 0 spiro atoms. The molecule has 0 saturated heterocycles. The van der Waals surface area contributed by atoms with Crippen molar-refractivity contribution in [3.05, 3.63) is 108 Å². The number of carbonyl (C=O) groups is 2. The molecule has 7 nitrogen and oxygen atoms in total. The molecule has 40 heavy (non-hydrogen) atoms. The number of benzene rings is 1. The van der Waals surface area contributed by atoms with E-state index in [-0.39, 0.29) is 24.4 Å². The first-order valence-corrected chi connectivity index (χ1v) is 14.1. The molecule has 0 radical (unpaired) electrons. The second kappa shape index (κ2) is 15.6. The van der Waals surface area contributed by atoms with Gasteiger partial charge in [-0.25, -0.2) is 9.80 Å². The highest BCUT2D eigenvalue weighted by molar-refractivity contribution is 5.95. The third-order valence-electron chi connectivity index (χ3n) is 7.13. The summed E-state index contributed by atoms with van der Waals surface area (Å²) in [5, 5.41) is 9.48. The number of hydrazone groups is 1. The highest BCUT2D eigenvalue weighted by atomic mass is 16.2. The Morgan fingerprint density at radius 2 is 1.88 bits per heavy atom. The topological polar surface area (TPSA) is 91.0 Å². The minimum Gasteiger partial charge on any atom is -0.329 e. The smallest absolute Gasteiger partial charge is 0.329 e. The number of hydrogen-bond acceptors (Lipinski definition) is 4. The number of amides is 3. The van der Waals surface area contributed by atoms with Gasteiger partial charge < -0.3 is 11.1 Å². The summed E-state index contributed by atoms with van der Waals surface area (Å²) >= 11 is 0. The Morgan fingerprint density at radius 3 is 2.52 bits per heavy atom. The fourth-order valence-corrected chi connectivity index (χ4v) is 5.14. The van der Waals surface area contributed by atoms with Crippen LogP contribution in [0, 0.1) is 11.8 Å². The summed E-state index contributed by atoms with van der Waals surface area (Å²) in [5.74, 6) is -0.0498. The highest BCUT2D eigenvalue weighted by Gasteiger charge is 2.37. The number of nitrogens with zero attached hydrogens (tertiary/aromatic N) is 3. The van der Waals surface area contributed by atoms with Gasteiger partial charge in [-0.3, -0.25) is 9.69 Å². The predicted octanol–water partition coefficient (Wildman–Crippen LogP) is 6.56. The maximum Gasteiger partial charge on any atom is 0.349 e. The van der Waals surface area contributed by atoms with Gasteiger partial charge in [0, 0.05) is 17.3 Å². The largest absolute Gasteiger partial charge is 0.349 e. The molecule has 1 aliphatic heterocycles. The molecule has 0 bridgehead atoms. The summed E-state index contributed by atoms with van der Waals surface area (Å²) < 4.78 is 0. The average Bonchev–Trinajstić information content (AvgIpc) is 3.06. The van der Waals surface area contributed by atoms with Crippen LogP contribution in [0.15, 0.2) is 108 Å². The SMILES string of the molecule is C=C/C=C\C=C1/C(C)C(C2CCCCC2)=NN(Cc2ccccc2)C(=O)N1C(/C=C\C)=C/C=C(\C)NC(=O)CN. The van der Waals surface area contributed by atoms with E-state index in [1.54, 1.807) is 29.0 Å².